The Kier molecular flexibility index (Phi) is 4.08. The Balaban J connectivity index is 1.67. The number of carboxylic acids is 1. The van der Waals surface area contributed by atoms with Crippen LogP contribution in [0.25, 0.3) is 0 Å². The summed E-state index contributed by atoms with van der Waals surface area (Å²) in [5.74, 6) is -1.80. The number of nitrogens with one attached hydrogen (secondary N) is 1. The van der Waals surface area contributed by atoms with Crippen LogP contribution in [-0.2, 0) is 20.8 Å². The summed E-state index contributed by atoms with van der Waals surface area (Å²) in [4.78, 5) is 40.7. The van der Waals surface area contributed by atoms with Crippen LogP contribution < -0.4 is 5.32 Å². The smallest absolute Gasteiger partial charge is 0.352 e. The first kappa shape index (κ1) is 15.5. The fraction of sp³-hybridized carbons (Fsp3) is 0.333. The van der Waals surface area contributed by atoms with E-state index in [1.807, 2.05) is 6.92 Å². The third kappa shape index (κ3) is 2.94. The number of nitrogens with zero attached hydrogens (tertiary/aromatic N) is 2. The van der Waals surface area contributed by atoms with Crippen LogP contribution in [0.2, 0.25) is 0 Å². The first-order valence-electron chi connectivity index (χ1n) is 7.09. The SMILES string of the molecule is CC1C=C(C(=O)O)N2C(=O)C(NC(=O)Cc3cccnc3)[C@H]2S1. The average Bonchev–Trinajstić information content (AvgIpc) is 2.52. The Hall–Kier alpha value is -2.35. The summed E-state index contributed by atoms with van der Waals surface area (Å²) in [5, 5.41) is 11.5. The summed E-state index contributed by atoms with van der Waals surface area (Å²) < 4.78 is 0. The fourth-order valence-corrected chi connectivity index (χ4v) is 3.97. The molecule has 0 radical (unpaired) electrons. The quantitative estimate of drug-likeness (QED) is 0.773. The molecule has 2 unspecified atom stereocenters. The molecule has 2 aliphatic heterocycles. The Morgan fingerprint density at radius 2 is 2.26 bits per heavy atom. The van der Waals surface area contributed by atoms with Crippen LogP contribution in [0.4, 0.5) is 0 Å². The molecule has 0 saturated carbocycles. The number of carbonyl (C=O) groups excluding carboxylic acids is 2. The van der Waals surface area contributed by atoms with Gasteiger partial charge in [-0.3, -0.25) is 19.5 Å². The van der Waals surface area contributed by atoms with Gasteiger partial charge in [0.1, 0.15) is 17.1 Å². The van der Waals surface area contributed by atoms with Crippen LogP contribution in [0.3, 0.4) is 0 Å². The number of carbonyl (C=O) groups is 3. The van der Waals surface area contributed by atoms with Gasteiger partial charge in [0.15, 0.2) is 0 Å². The Morgan fingerprint density at radius 3 is 2.91 bits per heavy atom. The van der Waals surface area contributed by atoms with Gasteiger partial charge >= 0.3 is 5.97 Å². The molecule has 1 fully saturated rings. The van der Waals surface area contributed by atoms with Crippen molar-refractivity contribution in [2.75, 3.05) is 0 Å². The first-order valence-corrected chi connectivity index (χ1v) is 8.03. The number of amides is 2. The molecule has 2 aliphatic rings. The summed E-state index contributed by atoms with van der Waals surface area (Å²) in [5.41, 5.74) is 0.744. The molecule has 8 heteroatoms. The predicted molar refractivity (Wildman–Crippen MR) is 83.3 cm³/mol. The molecule has 0 bridgehead atoms. The van der Waals surface area contributed by atoms with Gasteiger partial charge in [-0.2, -0.15) is 0 Å². The van der Waals surface area contributed by atoms with Gasteiger partial charge in [-0.15, -0.1) is 11.8 Å². The van der Waals surface area contributed by atoms with E-state index in [1.54, 1.807) is 30.6 Å². The monoisotopic (exact) mass is 333 g/mol. The van der Waals surface area contributed by atoms with Crippen LogP contribution in [0, 0.1) is 0 Å². The molecule has 1 aromatic heterocycles. The Morgan fingerprint density at radius 1 is 1.48 bits per heavy atom. The van der Waals surface area contributed by atoms with E-state index in [2.05, 4.69) is 10.3 Å². The van der Waals surface area contributed by atoms with Crippen molar-refractivity contribution >= 4 is 29.5 Å². The lowest BCUT2D eigenvalue weighted by Gasteiger charge is -2.49. The van der Waals surface area contributed by atoms with Crippen LogP contribution >= 0.6 is 11.8 Å². The number of rotatable bonds is 4. The number of pyridine rings is 1. The van der Waals surface area contributed by atoms with Crippen molar-refractivity contribution in [3.05, 3.63) is 41.9 Å². The lowest BCUT2D eigenvalue weighted by Crippen LogP contribution is -2.70. The van der Waals surface area contributed by atoms with Gasteiger partial charge in [0, 0.05) is 17.6 Å². The van der Waals surface area contributed by atoms with E-state index in [-0.39, 0.29) is 34.6 Å². The standard InChI is InChI=1S/C15H15N3O4S/c1-8-5-10(15(21)22)18-13(20)12(14(18)23-8)17-11(19)6-9-3-2-4-16-7-9/h2-5,7-8,12,14H,6H2,1H3,(H,17,19)(H,21,22)/t8?,12?,14-/m1/s1. The highest BCUT2D eigenvalue weighted by atomic mass is 32.2. The number of hydrogen-bond acceptors (Lipinski definition) is 5. The molecule has 3 heterocycles. The molecule has 2 N–H and O–H groups in total. The number of fused-ring (bicyclic) bond motifs is 1. The first-order chi connectivity index (χ1) is 11.0. The molecule has 3 atom stereocenters. The molecule has 1 saturated heterocycles. The maximum absolute atomic E-state index is 12.2. The number of carboxylic acid groups (broad SMARTS) is 1. The lowest BCUT2D eigenvalue weighted by atomic mass is 10.0. The summed E-state index contributed by atoms with van der Waals surface area (Å²) in [6.45, 7) is 1.86. The fourth-order valence-electron chi connectivity index (χ4n) is 2.64. The molecule has 0 spiro atoms. The number of β-lactam (4-membered cyclic amide) rings is 1. The zero-order chi connectivity index (χ0) is 16.6. The highest BCUT2D eigenvalue weighted by Gasteiger charge is 2.53. The number of aromatic nitrogens is 1. The molecule has 3 rings (SSSR count). The van der Waals surface area contributed by atoms with Crippen molar-refractivity contribution in [3.63, 3.8) is 0 Å². The zero-order valence-electron chi connectivity index (χ0n) is 12.3. The second-order valence-corrected chi connectivity index (χ2v) is 6.88. The molecule has 1 aromatic rings. The molecular formula is C15H15N3O4S. The normalized spacial score (nSPS) is 26.0. The van der Waals surface area contributed by atoms with Crippen LogP contribution in [0.1, 0.15) is 12.5 Å². The molecule has 2 amide bonds. The third-order valence-electron chi connectivity index (χ3n) is 3.67. The minimum absolute atomic E-state index is 0.0102. The largest absolute Gasteiger partial charge is 0.477 e. The second-order valence-electron chi connectivity index (χ2n) is 5.38. The van der Waals surface area contributed by atoms with Crippen molar-refractivity contribution < 1.29 is 19.5 Å². The van der Waals surface area contributed by atoms with Gasteiger partial charge in [0.25, 0.3) is 5.91 Å². The van der Waals surface area contributed by atoms with E-state index >= 15 is 0 Å². The van der Waals surface area contributed by atoms with Crippen molar-refractivity contribution in [2.45, 2.75) is 30.0 Å². The number of aliphatic carboxylic acids is 1. The highest BCUT2D eigenvalue weighted by Crippen LogP contribution is 2.40. The minimum Gasteiger partial charge on any atom is -0.477 e. The molecule has 0 aromatic carbocycles. The Bertz CT molecular complexity index is 691. The third-order valence-corrected chi connectivity index (χ3v) is 5.00. The van der Waals surface area contributed by atoms with E-state index in [1.165, 1.54) is 16.7 Å². The van der Waals surface area contributed by atoms with Crippen LogP contribution in [-0.4, -0.2) is 49.4 Å². The summed E-state index contributed by atoms with van der Waals surface area (Å²) in [6, 6.07) is 2.83. The Labute approximate surface area is 136 Å². The topological polar surface area (TPSA) is 99.6 Å². The number of thioether (sulfide) groups is 1. The molecule has 23 heavy (non-hydrogen) atoms. The molecule has 120 valence electrons. The van der Waals surface area contributed by atoms with E-state index in [4.69, 9.17) is 0 Å². The van der Waals surface area contributed by atoms with Crippen molar-refractivity contribution in [1.82, 2.24) is 15.2 Å². The van der Waals surface area contributed by atoms with E-state index in [0.29, 0.717) is 0 Å². The predicted octanol–water partition coefficient (Wildman–Crippen LogP) is 0.381. The molecular weight excluding hydrogens is 318 g/mol. The highest BCUT2D eigenvalue weighted by molar-refractivity contribution is 8.00. The van der Waals surface area contributed by atoms with Gasteiger partial charge in [0.05, 0.1) is 6.42 Å². The maximum atomic E-state index is 12.2. The van der Waals surface area contributed by atoms with Crippen LogP contribution in [0.5, 0.6) is 0 Å². The zero-order valence-corrected chi connectivity index (χ0v) is 13.1. The van der Waals surface area contributed by atoms with E-state index < -0.39 is 12.0 Å². The molecule has 7 nitrogen and oxygen atoms in total. The van der Waals surface area contributed by atoms with Crippen LogP contribution in [0.15, 0.2) is 36.3 Å². The van der Waals surface area contributed by atoms with E-state index in [0.717, 1.165) is 5.56 Å². The number of hydrogen-bond donors (Lipinski definition) is 2. The van der Waals surface area contributed by atoms with Gasteiger partial charge in [-0.05, 0) is 24.6 Å². The van der Waals surface area contributed by atoms with Crippen molar-refractivity contribution in [3.8, 4) is 0 Å². The van der Waals surface area contributed by atoms with Crippen molar-refractivity contribution in [1.29, 1.82) is 0 Å². The maximum Gasteiger partial charge on any atom is 0.352 e. The van der Waals surface area contributed by atoms with Gasteiger partial charge < -0.3 is 10.4 Å². The summed E-state index contributed by atoms with van der Waals surface area (Å²) in [7, 11) is 0. The van der Waals surface area contributed by atoms with E-state index in [9.17, 15) is 19.5 Å². The average molecular weight is 333 g/mol. The summed E-state index contributed by atoms with van der Waals surface area (Å²) >= 11 is 1.46. The second kappa shape index (κ2) is 6.04. The lowest BCUT2D eigenvalue weighted by molar-refractivity contribution is -0.150. The van der Waals surface area contributed by atoms with Crippen molar-refractivity contribution in [2.24, 2.45) is 0 Å². The minimum atomic E-state index is -1.13. The van der Waals surface area contributed by atoms with Gasteiger partial charge in [0.2, 0.25) is 5.91 Å². The summed E-state index contributed by atoms with van der Waals surface area (Å²) in [6.07, 6.45) is 4.90. The van der Waals surface area contributed by atoms with Gasteiger partial charge in [-0.1, -0.05) is 6.07 Å². The molecule has 0 aliphatic carbocycles. The van der Waals surface area contributed by atoms with Gasteiger partial charge in [-0.25, -0.2) is 4.79 Å².